The lowest BCUT2D eigenvalue weighted by molar-refractivity contribution is 0.0463. The fourth-order valence-corrected chi connectivity index (χ4v) is 3.64. The van der Waals surface area contributed by atoms with E-state index in [2.05, 4.69) is 37.3 Å². The molecule has 19 heavy (non-hydrogen) atoms. The Kier molecular flexibility index (Phi) is 5.28. The normalized spacial score (nSPS) is 24.1. The Morgan fingerprint density at radius 2 is 2.05 bits per heavy atom. The second-order valence-electron chi connectivity index (χ2n) is 6.19. The summed E-state index contributed by atoms with van der Waals surface area (Å²) in [6.07, 6.45) is 11.2. The fraction of sp³-hybridized carbons (Fsp3) is 0.875. The van der Waals surface area contributed by atoms with Crippen molar-refractivity contribution in [2.75, 3.05) is 27.2 Å². The number of nitrogens with zero attached hydrogens (tertiary/aromatic N) is 1. The van der Waals surface area contributed by atoms with Gasteiger partial charge >= 0.3 is 0 Å². The minimum atomic E-state index is 0.240. The summed E-state index contributed by atoms with van der Waals surface area (Å²) in [7, 11) is 4.48. The maximum absolute atomic E-state index is 5.91. The second-order valence-corrected chi connectivity index (χ2v) is 6.19. The number of nitrogens with one attached hydrogen (secondary N) is 1. The standard InChI is InChI=1S/C16H30N2O/c1-4-12-17-15(14-9-8-13-19-14)16(18(2)3)10-6-5-7-11-16/h9,15,17H,4-8,10-13H2,1-3H3. The topological polar surface area (TPSA) is 24.5 Å². The lowest BCUT2D eigenvalue weighted by atomic mass is 9.74. The monoisotopic (exact) mass is 266 g/mol. The van der Waals surface area contributed by atoms with Gasteiger partial charge in [0, 0.05) is 12.0 Å². The van der Waals surface area contributed by atoms with Crippen molar-refractivity contribution in [2.45, 2.75) is 63.5 Å². The van der Waals surface area contributed by atoms with Crippen molar-refractivity contribution in [1.82, 2.24) is 10.2 Å². The molecule has 0 amide bonds. The van der Waals surface area contributed by atoms with Gasteiger partial charge in [0.25, 0.3) is 0 Å². The molecule has 3 heteroatoms. The zero-order valence-corrected chi connectivity index (χ0v) is 12.9. The minimum Gasteiger partial charge on any atom is -0.496 e. The molecule has 1 aliphatic carbocycles. The molecule has 0 aromatic heterocycles. The van der Waals surface area contributed by atoms with E-state index >= 15 is 0 Å². The highest BCUT2D eigenvalue weighted by Gasteiger charge is 2.44. The average molecular weight is 266 g/mol. The summed E-state index contributed by atoms with van der Waals surface area (Å²) in [5.74, 6) is 1.20. The van der Waals surface area contributed by atoms with E-state index in [1.807, 2.05) is 0 Å². The predicted molar refractivity (Wildman–Crippen MR) is 80.2 cm³/mol. The Hall–Kier alpha value is -0.540. The van der Waals surface area contributed by atoms with Gasteiger partial charge in [-0.05, 0) is 46.0 Å². The van der Waals surface area contributed by atoms with Crippen LogP contribution < -0.4 is 5.32 Å². The van der Waals surface area contributed by atoms with E-state index in [9.17, 15) is 0 Å². The summed E-state index contributed by atoms with van der Waals surface area (Å²) in [6, 6.07) is 0.366. The molecule has 2 rings (SSSR count). The predicted octanol–water partition coefficient (Wildman–Crippen LogP) is 2.92. The fourth-order valence-electron chi connectivity index (χ4n) is 3.64. The summed E-state index contributed by atoms with van der Waals surface area (Å²) in [5, 5.41) is 3.77. The van der Waals surface area contributed by atoms with Crippen molar-refractivity contribution in [3.63, 3.8) is 0 Å². The maximum Gasteiger partial charge on any atom is 0.111 e. The zero-order valence-electron chi connectivity index (χ0n) is 12.9. The van der Waals surface area contributed by atoms with Crippen LogP contribution in [0.4, 0.5) is 0 Å². The third-order valence-corrected chi connectivity index (χ3v) is 4.76. The summed E-state index contributed by atoms with van der Waals surface area (Å²) in [4.78, 5) is 2.45. The number of hydrogen-bond donors (Lipinski definition) is 1. The van der Waals surface area contributed by atoms with Gasteiger partial charge in [-0.2, -0.15) is 0 Å². The summed E-state index contributed by atoms with van der Waals surface area (Å²) < 4.78 is 5.91. The Balaban J connectivity index is 2.21. The minimum absolute atomic E-state index is 0.240. The molecule has 1 saturated carbocycles. The molecule has 1 atom stereocenters. The van der Waals surface area contributed by atoms with Gasteiger partial charge in [-0.3, -0.25) is 0 Å². The van der Waals surface area contributed by atoms with Gasteiger partial charge in [-0.25, -0.2) is 0 Å². The van der Waals surface area contributed by atoms with Crippen molar-refractivity contribution in [3.8, 4) is 0 Å². The van der Waals surface area contributed by atoms with Gasteiger partial charge in [0.15, 0.2) is 0 Å². The van der Waals surface area contributed by atoms with Crippen molar-refractivity contribution in [1.29, 1.82) is 0 Å². The Labute approximate surface area is 118 Å². The van der Waals surface area contributed by atoms with Crippen LogP contribution in [0.25, 0.3) is 0 Å². The molecule has 2 aliphatic rings. The number of ether oxygens (including phenoxy) is 1. The third kappa shape index (κ3) is 3.14. The van der Waals surface area contributed by atoms with Crippen LogP contribution >= 0.6 is 0 Å². The van der Waals surface area contributed by atoms with E-state index in [-0.39, 0.29) is 5.54 Å². The highest BCUT2D eigenvalue weighted by Crippen LogP contribution is 2.38. The third-order valence-electron chi connectivity index (χ3n) is 4.76. The molecule has 1 aliphatic heterocycles. The lowest BCUT2D eigenvalue weighted by Gasteiger charge is -2.48. The SMILES string of the molecule is CCCNC(C1=CCCO1)C1(N(C)C)CCCCC1. The van der Waals surface area contributed by atoms with Gasteiger partial charge in [0.1, 0.15) is 5.76 Å². The van der Waals surface area contributed by atoms with Crippen molar-refractivity contribution in [2.24, 2.45) is 0 Å². The van der Waals surface area contributed by atoms with Gasteiger partial charge in [0.05, 0.1) is 12.6 Å². The molecule has 0 bridgehead atoms. The van der Waals surface area contributed by atoms with E-state index in [0.29, 0.717) is 6.04 Å². The van der Waals surface area contributed by atoms with Crippen LogP contribution in [0.2, 0.25) is 0 Å². The summed E-state index contributed by atoms with van der Waals surface area (Å²) >= 11 is 0. The molecular weight excluding hydrogens is 236 g/mol. The van der Waals surface area contributed by atoms with Crippen LogP contribution in [0.5, 0.6) is 0 Å². The van der Waals surface area contributed by atoms with Crippen LogP contribution in [-0.2, 0) is 4.74 Å². The van der Waals surface area contributed by atoms with E-state index in [1.165, 1.54) is 44.3 Å². The molecule has 0 saturated heterocycles. The Morgan fingerprint density at radius 3 is 2.58 bits per heavy atom. The first kappa shape index (κ1) is 14.9. The highest BCUT2D eigenvalue weighted by atomic mass is 16.5. The van der Waals surface area contributed by atoms with Gasteiger partial charge in [-0.15, -0.1) is 0 Å². The van der Waals surface area contributed by atoms with Gasteiger partial charge < -0.3 is 15.0 Å². The van der Waals surface area contributed by atoms with Crippen LogP contribution in [0, 0.1) is 0 Å². The average Bonchev–Trinajstić information content (AvgIpc) is 2.94. The lowest BCUT2D eigenvalue weighted by Crippen LogP contribution is -2.60. The number of likely N-dealkylation sites (N-methyl/N-ethyl adjacent to an activating group) is 1. The first-order valence-electron chi connectivity index (χ1n) is 7.94. The molecule has 1 heterocycles. The molecule has 0 spiro atoms. The van der Waals surface area contributed by atoms with E-state index in [1.54, 1.807) is 0 Å². The first-order chi connectivity index (χ1) is 9.20. The van der Waals surface area contributed by atoms with Crippen LogP contribution in [0.1, 0.15) is 51.9 Å². The largest absolute Gasteiger partial charge is 0.496 e. The smallest absolute Gasteiger partial charge is 0.111 e. The maximum atomic E-state index is 5.91. The first-order valence-corrected chi connectivity index (χ1v) is 7.94. The summed E-state index contributed by atoms with van der Waals surface area (Å²) in [5.41, 5.74) is 0.240. The van der Waals surface area contributed by atoms with E-state index < -0.39 is 0 Å². The molecule has 1 N–H and O–H groups in total. The molecule has 0 radical (unpaired) electrons. The second kappa shape index (κ2) is 6.76. The van der Waals surface area contributed by atoms with Gasteiger partial charge in [0.2, 0.25) is 0 Å². The van der Waals surface area contributed by atoms with Crippen molar-refractivity contribution < 1.29 is 4.74 Å². The van der Waals surface area contributed by atoms with Crippen molar-refractivity contribution in [3.05, 3.63) is 11.8 Å². The van der Waals surface area contributed by atoms with Crippen LogP contribution in [0.3, 0.4) is 0 Å². The highest BCUT2D eigenvalue weighted by molar-refractivity contribution is 5.17. The molecular formula is C16H30N2O. The quantitative estimate of drug-likeness (QED) is 0.800. The zero-order chi connectivity index (χ0) is 13.7. The Morgan fingerprint density at radius 1 is 1.32 bits per heavy atom. The molecule has 1 fully saturated rings. The van der Waals surface area contributed by atoms with E-state index in [0.717, 1.165) is 19.6 Å². The molecule has 3 nitrogen and oxygen atoms in total. The number of rotatable bonds is 6. The van der Waals surface area contributed by atoms with Crippen LogP contribution in [0.15, 0.2) is 11.8 Å². The molecule has 0 aromatic rings. The van der Waals surface area contributed by atoms with Gasteiger partial charge in [-0.1, -0.05) is 26.2 Å². The van der Waals surface area contributed by atoms with Crippen LogP contribution in [-0.4, -0.2) is 43.7 Å². The molecule has 0 aromatic carbocycles. The van der Waals surface area contributed by atoms with Crippen molar-refractivity contribution >= 4 is 0 Å². The Bertz CT molecular complexity index is 306. The summed E-state index contributed by atoms with van der Waals surface area (Å²) in [6.45, 7) is 4.17. The molecule has 110 valence electrons. The number of hydrogen-bond acceptors (Lipinski definition) is 3. The molecule has 1 unspecified atom stereocenters. The van der Waals surface area contributed by atoms with E-state index in [4.69, 9.17) is 4.74 Å².